The summed E-state index contributed by atoms with van der Waals surface area (Å²) in [4.78, 5) is 41.3. The zero-order valence-corrected chi connectivity index (χ0v) is 16.9. The molecule has 0 radical (unpaired) electrons. The Hall–Kier alpha value is -2.05. The Morgan fingerprint density at radius 3 is 2.27 bits per heavy atom. The lowest BCUT2D eigenvalue weighted by Crippen LogP contribution is -2.42. The van der Waals surface area contributed by atoms with Crippen LogP contribution in [0.25, 0.3) is 0 Å². The van der Waals surface area contributed by atoms with Crippen LogP contribution in [-0.4, -0.2) is 22.0 Å². The molecule has 0 aliphatic carbocycles. The highest BCUT2D eigenvalue weighted by atomic mass is 16.2. The summed E-state index contributed by atoms with van der Waals surface area (Å²) in [7, 11) is 0. The van der Waals surface area contributed by atoms with Gasteiger partial charge in [-0.05, 0) is 18.3 Å². The smallest absolute Gasteiger partial charge is 0.330 e. The van der Waals surface area contributed by atoms with Gasteiger partial charge in [0.2, 0.25) is 5.91 Å². The highest BCUT2D eigenvalue weighted by Crippen LogP contribution is 2.24. The number of nitrogens with zero attached hydrogens (tertiary/aromatic N) is 2. The first-order valence-electron chi connectivity index (χ1n) is 9.55. The molecule has 0 unspecified atom stereocenters. The molecule has 3 N–H and O–H groups in total. The van der Waals surface area contributed by atoms with Crippen LogP contribution in [0.1, 0.15) is 73.1 Å². The van der Waals surface area contributed by atoms with E-state index in [-0.39, 0.29) is 22.8 Å². The zero-order valence-electron chi connectivity index (χ0n) is 16.9. The maximum absolute atomic E-state index is 12.9. The fourth-order valence-electron chi connectivity index (χ4n) is 2.81. The van der Waals surface area contributed by atoms with E-state index >= 15 is 0 Å². The first-order valence-corrected chi connectivity index (χ1v) is 9.55. The number of nitrogen functional groups attached to an aromatic ring is 1. The Balaban J connectivity index is 3.37. The van der Waals surface area contributed by atoms with Gasteiger partial charge in [-0.3, -0.25) is 19.1 Å². The van der Waals surface area contributed by atoms with Gasteiger partial charge in [-0.1, -0.05) is 53.9 Å². The van der Waals surface area contributed by atoms with Gasteiger partial charge in [0.15, 0.2) is 5.69 Å². The van der Waals surface area contributed by atoms with Gasteiger partial charge in [0.25, 0.3) is 5.56 Å². The molecule has 148 valence electrons. The van der Waals surface area contributed by atoms with Crippen LogP contribution in [0.3, 0.4) is 0 Å². The molecule has 0 aliphatic heterocycles. The minimum Gasteiger partial charge on any atom is -0.383 e. The van der Waals surface area contributed by atoms with Crippen molar-refractivity contribution < 1.29 is 4.79 Å². The number of carbonyl (C=O) groups excluding carboxylic acids is 1. The molecule has 7 nitrogen and oxygen atoms in total. The first-order chi connectivity index (χ1) is 12.1. The van der Waals surface area contributed by atoms with E-state index in [1.165, 1.54) is 9.47 Å². The predicted molar refractivity (Wildman–Crippen MR) is 107 cm³/mol. The molecule has 7 heteroatoms. The SMILES string of the molecule is CCCCCN(C(=O)CC(C)(C)C)c1c(N)n(CCCC)c(=O)[nH]c1=O. The molecule has 0 fully saturated rings. The summed E-state index contributed by atoms with van der Waals surface area (Å²) in [5.74, 6) is -0.0718. The topological polar surface area (TPSA) is 101 Å². The molecule has 1 amide bonds. The summed E-state index contributed by atoms with van der Waals surface area (Å²) in [6.07, 6.45) is 4.69. The number of H-pyrrole nitrogens is 1. The van der Waals surface area contributed by atoms with E-state index < -0.39 is 11.2 Å². The Kier molecular flexibility index (Phi) is 8.11. The third kappa shape index (κ3) is 6.04. The van der Waals surface area contributed by atoms with Crippen LogP contribution < -0.4 is 21.9 Å². The minimum absolute atomic E-state index is 0.0750. The maximum Gasteiger partial charge on any atom is 0.330 e. The number of amides is 1. The van der Waals surface area contributed by atoms with Crippen LogP contribution in [-0.2, 0) is 11.3 Å². The van der Waals surface area contributed by atoms with Gasteiger partial charge in [0.05, 0.1) is 0 Å². The number of anilines is 2. The van der Waals surface area contributed by atoms with Crippen LogP contribution in [0.2, 0.25) is 0 Å². The Morgan fingerprint density at radius 1 is 1.12 bits per heavy atom. The second-order valence-corrected chi connectivity index (χ2v) is 7.99. The van der Waals surface area contributed by atoms with Crippen molar-refractivity contribution >= 4 is 17.4 Å². The monoisotopic (exact) mass is 366 g/mol. The van der Waals surface area contributed by atoms with Crippen molar-refractivity contribution in [1.82, 2.24) is 9.55 Å². The second kappa shape index (κ2) is 9.59. The van der Waals surface area contributed by atoms with Crippen LogP contribution >= 0.6 is 0 Å². The van der Waals surface area contributed by atoms with E-state index in [9.17, 15) is 14.4 Å². The lowest BCUT2D eigenvalue weighted by atomic mass is 9.91. The second-order valence-electron chi connectivity index (χ2n) is 7.99. The molecule has 0 aliphatic rings. The molecular weight excluding hydrogens is 332 g/mol. The highest BCUT2D eigenvalue weighted by Gasteiger charge is 2.27. The fourth-order valence-corrected chi connectivity index (χ4v) is 2.81. The van der Waals surface area contributed by atoms with E-state index in [0.29, 0.717) is 19.5 Å². The van der Waals surface area contributed by atoms with Gasteiger partial charge < -0.3 is 10.6 Å². The van der Waals surface area contributed by atoms with E-state index in [0.717, 1.165) is 32.1 Å². The highest BCUT2D eigenvalue weighted by molar-refractivity contribution is 5.95. The molecule has 0 spiro atoms. The molecule has 1 aromatic rings. The number of hydrogen-bond donors (Lipinski definition) is 2. The molecule has 0 bridgehead atoms. The lowest BCUT2D eigenvalue weighted by Gasteiger charge is -2.27. The number of aromatic amines is 1. The summed E-state index contributed by atoms with van der Waals surface area (Å²) in [6.45, 7) is 10.9. The van der Waals surface area contributed by atoms with Crippen LogP contribution in [0.15, 0.2) is 9.59 Å². The molecule has 0 atom stereocenters. The predicted octanol–water partition coefficient (Wildman–Crippen LogP) is 2.88. The molecule has 0 saturated heterocycles. The summed E-state index contributed by atoms with van der Waals surface area (Å²) >= 11 is 0. The van der Waals surface area contributed by atoms with E-state index in [1.54, 1.807) is 0 Å². The summed E-state index contributed by atoms with van der Waals surface area (Å²) in [5.41, 5.74) is 4.95. The number of rotatable bonds is 9. The van der Waals surface area contributed by atoms with E-state index in [1.807, 2.05) is 27.7 Å². The average Bonchev–Trinajstić information content (AvgIpc) is 2.51. The van der Waals surface area contributed by atoms with Crippen molar-refractivity contribution in [2.24, 2.45) is 5.41 Å². The molecule has 0 saturated carbocycles. The number of nitrogens with two attached hydrogens (primary N) is 1. The number of nitrogens with one attached hydrogen (secondary N) is 1. The van der Waals surface area contributed by atoms with Gasteiger partial charge in [0.1, 0.15) is 5.82 Å². The number of hydrogen-bond acceptors (Lipinski definition) is 4. The van der Waals surface area contributed by atoms with Gasteiger partial charge in [-0.15, -0.1) is 0 Å². The molecule has 1 rings (SSSR count). The quantitative estimate of drug-likeness (QED) is 0.656. The number of carbonyl (C=O) groups is 1. The van der Waals surface area contributed by atoms with Gasteiger partial charge in [-0.2, -0.15) is 0 Å². The molecule has 0 aromatic carbocycles. The third-order valence-electron chi connectivity index (χ3n) is 4.19. The zero-order chi connectivity index (χ0) is 19.9. The summed E-state index contributed by atoms with van der Waals surface area (Å²) < 4.78 is 1.36. The van der Waals surface area contributed by atoms with Gasteiger partial charge in [0, 0.05) is 19.5 Å². The Labute approximate surface area is 155 Å². The van der Waals surface area contributed by atoms with Crippen molar-refractivity contribution in [3.05, 3.63) is 20.8 Å². The maximum atomic E-state index is 12.9. The number of aromatic nitrogens is 2. The van der Waals surface area contributed by atoms with E-state index in [2.05, 4.69) is 11.9 Å². The largest absolute Gasteiger partial charge is 0.383 e. The van der Waals surface area contributed by atoms with Crippen molar-refractivity contribution in [2.45, 2.75) is 79.7 Å². The first kappa shape index (κ1) is 22.0. The van der Waals surface area contributed by atoms with Gasteiger partial charge in [-0.25, -0.2) is 4.79 Å². The van der Waals surface area contributed by atoms with Crippen LogP contribution in [0, 0.1) is 5.41 Å². The summed E-state index contributed by atoms with van der Waals surface area (Å²) in [5, 5.41) is 0. The minimum atomic E-state index is -0.598. The normalized spacial score (nSPS) is 11.6. The molecular formula is C19H34N4O3. The fraction of sp³-hybridized carbons (Fsp3) is 0.737. The standard InChI is InChI=1S/C19H34N4O3/c1-6-8-10-12-22(14(24)13-19(3,4)5)15-16(20)23(11-9-7-2)18(26)21-17(15)25/h6-13,20H2,1-5H3,(H,21,25,26). The van der Waals surface area contributed by atoms with Crippen molar-refractivity contribution in [3.8, 4) is 0 Å². The third-order valence-corrected chi connectivity index (χ3v) is 4.19. The lowest BCUT2D eigenvalue weighted by molar-refractivity contribution is -0.120. The molecule has 26 heavy (non-hydrogen) atoms. The van der Waals surface area contributed by atoms with Crippen molar-refractivity contribution in [2.75, 3.05) is 17.2 Å². The average molecular weight is 367 g/mol. The Morgan fingerprint density at radius 2 is 1.73 bits per heavy atom. The van der Waals surface area contributed by atoms with Crippen molar-refractivity contribution in [3.63, 3.8) is 0 Å². The number of unbranched alkanes of at least 4 members (excludes halogenated alkanes) is 3. The van der Waals surface area contributed by atoms with Crippen LogP contribution in [0.4, 0.5) is 11.5 Å². The van der Waals surface area contributed by atoms with Gasteiger partial charge >= 0.3 is 5.69 Å². The molecule has 1 aromatic heterocycles. The molecule has 1 heterocycles. The Bertz CT molecular complexity index is 713. The van der Waals surface area contributed by atoms with E-state index in [4.69, 9.17) is 5.73 Å². The van der Waals surface area contributed by atoms with Crippen LogP contribution in [0.5, 0.6) is 0 Å². The van der Waals surface area contributed by atoms with Crippen molar-refractivity contribution in [1.29, 1.82) is 0 Å². The summed E-state index contributed by atoms with van der Waals surface area (Å²) in [6, 6.07) is 0.